The quantitative estimate of drug-likeness (QED) is 0.801. The van der Waals surface area contributed by atoms with Crippen molar-refractivity contribution in [3.63, 3.8) is 0 Å². The number of nitrogens with one attached hydrogen (secondary N) is 1. The van der Waals surface area contributed by atoms with Gasteiger partial charge in [0.1, 0.15) is 5.75 Å². The molecule has 0 radical (unpaired) electrons. The Morgan fingerprint density at radius 2 is 2.00 bits per heavy atom. The van der Waals surface area contributed by atoms with Gasteiger partial charge in [-0.3, -0.25) is 4.79 Å². The Bertz CT molecular complexity index is 502. The number of H-pyrrole nitrogens is 1. The van der Waals surface area contributed by atoms with E-state index in [1.165, 1.54) is 6.33 Å². The SMILES string of the molecule is COc1ccc(-c2cnc[nH]c2=O)cc1. The minimum atomic E-state index is -0.143. The van der Waals surface area contributed by atoms with Gasteiger partial charge in [0.25, 0.3) is 5.56 Å². The van der Waals surface area contributed by atoms with Crippen LogP contribution in [-0.2, 0) is 0 Å². The Morgan fingerprint density at radius 3 is 2.60 bits per heavy atom. The average molecular weight is 202 g/mol. The first-order chi connectivity index (χ1) is 7.31. The van der Waals surface area contributed by atoms with Crippen LogP contribution in [0.3, 0.4) is 0 Å². The number of aromatic nitrogens is 2. The highest BCUT2D eigenvalue weighted by molar-refractivity contribution is 5.61. The lowest BCUT2D eigenvalue weighted by Gasteiger charge is -2.01. The van der Waals surface area contributed by atoms with Crippen molar-refractivity contribution in [2.45, 2.75) is 0 Å². The molecule has 76 valence electrons. The highest BCUT2D eigenvalue weighted by Crippen LogP contribution is 2.18. The molecule has 0 atom stereocenters. The van der Waals surface area contributed by atoms with E-state index >= 15 is 0 Å². The first kappa shape index (κ1) is 9.45. The molecule has 0 aliphatic rings. The van der Waals surface area contributed by atoms with E-state index < -0.39 is 0 Å². The highest BCUT2D eigenvalue weighted by atomic mass is 16.5. The molecule has 1 aromatic heterocycles. The summed E-state index contributed by atoms with van der Waals surface area (Å²) in [5, 5.41) is 0. The molecule has 0 aliphatic heterocycles. The standard InChI is InChI=1S/C11H10N2O2/c1-15-9-4-2-8(3-5-9)10-6-12-7-13-11(10)14/h2-7H,1H3,(H,12,13,14). The number of nitrogens with zero attached hydrogens (tertiary/aromatic N) is 1. The van der Waals surface area contributed by atoms with Gasteiger partial charge in [0.2, 0.25) is 0 Å². The predicted octanol–water partition coefficient (Wildman–Crippen LogP) is 1.45. The van der Waals surface area contributed by atoms with Gasteiger partial charge in [0.05, 0.1) is 19.0 Å². The van der Waals surface area contributed by atoms with Crippen LogP contribution in [0.2, 0.25) is 0 Å². The van der Waals surface area contributed by atoms with Crippen molar-refractivity contribution in [2.75, 3.05) is 7.11 Å². The summed E-state index contributed by atoms with van der Waals surface area (Å²) in [6, 6.07) is 7.26. The zero-order valence-corrected chi connectivity index (χ0v) is 8.23. The van der Waals surface area contributed by atoms with Crippen LogP contribution >= 0.6 is 0 Å². The van der Waals surface area contributed by atoms with Gasteiger partial charge in [0.15, 0.2) is 0 Å². The maximum Gasteiger partial charge on any atom is 0.258 e. The van der Waals surface area contributed by atoms with Crippen LogP contribution in [0.25, 0.3) is 11.1 Å². The normalized spacial score (nSPS) is 9.93. The van der Waals surface area contributed by atoms with E-state index in [-0.39, 0.29) is 5.56 Å². The van der Waals surface area contributed by atoms with Gasteiger partial charge >= 0.3 is 0 Å². The lowest BCUT2D eigenvalue weighted by atomic mass is 10.1. The molecular formula is C11H10N2O2. The second-order valence-corrected chi connectivity index (χ2v) is 3.02. The Labute approximate surface area is 86.6 Å². The summed E-state index contributed by atoms with van der Waals surface area (Å²) in [6.07, 6.45) is 2.91. The third-order valence-electron chi connectivity index (χ3n) is 2.12. The molecule has 1 aromatic carbocycles. The van der Waals surface area contributed by atoms with Crippen molar-refractivity contribution in [1.82, 2.24) is 9.97 Å². The molecule has 0 aliphatic carbocycles. The topological polar surface area (TPSA) is 55.0 Å². The highest BCUT2D eigenvalue weighted by Gasteiger charge is 2.02. The number of benzene rings is 1. The first-order valence-corrected chi connectivity index (χ1v) is 4.48. The van der Waals surface area contributed by atoms with E-state index in [0.29, 0.717) is 5.56 Å². The molecule has 0 spiro atoms. The van der Waals surface area contributed by atoms with E-state index in [2.05, 4.69) is 9.97 Å². The molecule has 4 heteroatoms. The van der Waals surface area contributed by atoms with Crippen molar-refractivity contribution < 1.29 is 4.74 Å². The lowest BCUT2D eigenvalue weighted by Crippen LogP contribution is -2.08. The maximum atomic E-state index is 11.4. The van der Waals surface area contributed by atoms with Crippen LogP contribution < -0.4 is 10.3 Å². The maximum absolute atomic E-state index is 11.4. The number of methoxy groups -OCH3 is 1. The summed E-state index contributed by atoms with van der Waals surface area (Å²) >= 11 is 0. The van der Waals surface area contributed by atoms with Gasteiger partial charge in [-0.15, -0.1) is 0 Å². The molecule has 0 amide bonds. The third-order valence-corrected chi connectivity index (χ3v) is 2.12. The van der Waals surface area contributed by atoms with Gasteiger partial charge in [-0.1, -0.05) is 12.1 Å². The molecule has 4 nitrogen and oxygen atoms in total. The predicted molar refractivity (Wildman–Crippen MR) is 56.8 cm³/mol. The number of ether oxygens (including phenoxy) is 1. The lowest BCUT2D eigenvalue weighted by molar-refractivity contribution is 0.415. The van der Waals surface area contributed by atoms with Gasteiger partial charge in [-0.05, 0) is 17.7 Å². The Morgan fingerprint density at radius 1 is 1.27 bits per heavy atom. The van der Waals surface area contributed by atoms with Gasteiger partial charge in [0, 0.05) is 6.20 Å². The van der Waals surface area contributed by atoms with E-state index in [4.69, 9.17) is 4.74 Å². The fourth-order valence-corrected chi connectivity index (χ4v) is 1.32. The minimum absolute atomic E-state index is 0.143. The fraction of sp³-hybridized carbons (Fsp3) is 0.0909. The molecule has 0 saturated carbocycles. The molecule has 2 rings (SSSR count). The minimum Gasteiger partial charge on any atom is -0.497 e. The molecule has 15 heavy (non-hydrogen) atoms. The molecule has 0 bridgehead atoms. The van der Waals surface area contributed by atoms with E-state index in [1.807, 2.05) is 24.3 Å². The Hall–Kier alpha value is -2.10. The van der Waals surface area contributed by atoms with Crippen molar-refractivity contribution >= 4 is 0 Å². The van der Waals surface area contributed by atoms with Gasteiger partial charge in [-0.2, -0.15) is 0 Å². The fourth-order valence-electron chi connectivity index (χ4n) is 1.32. The molecule has 2 aromatic rings. The first-order valence-electron chi connectivity index (χ1n) is 4.48. The summed E-state index contributed by atoms with van der Waals surface area (Å²) in [6.45, 7) is 0. The van der Waals surface area contributed by atoms with Crippen LogP contribution in [0.15, 0.2) is 41.6 Å². The second kappa shape index (κ2) is 3.96. The van der Waals surface area contributed by atoms with E-state index in [9.17, 15) is 4.79 Å². The van der Waals surface area contributed by atoms with E-state index in [0.717, 1.165) is 11.3 Å². The van der Waals surface area contributed by atoms with Crippen LogP contribution in [0.1, 0.15) is 0 Å². The molecule has 0 fully saturated rings. The van der Waals surface area contributed by atoms with Crippen molar-refractivity contribution in [1.29, 1.82) is 0 Å². The molecule has 0 saturated heterocycles. The smallest absolute Gasteiger partial charge is 0.258 e. The summed E-state index contributed by atoms with van der Waals surface area (Å²) in [5.41, 5.74) is 1.24. The van der Waals surface area contributed by atoms with Gasteiger partial charge in [-0.25, -0.2) is 4.98 Å². The number of hydrogen-bond acceptors (Lipinski definition) is 3. The number of aromatic amines is 1. The number of hydrogen-bond donors (Lipinski definition) is 1. The van der Waals surface area contributed by atoms with Crippen molar-refractivity contribution in [3.8, 4) is 16.9 Å². The second-order valence-electron chi connectivity index (χ2n) is 3.02. The van der Waals surface area contributed by atoms with Crippen molar-refractivity contribution in [3.05, 3.63) is 47.1 Å². The monoisotopic (exact) mass is 202 g/mol. The Balaban J connectivity index is 2.46. The Kier molecular flexibility index (Phi) is 2.49. The van der Waals surface area contributed by atoms with Crippen LogP contribution in [0, 0.1) is 0 Å². The van der Waals surface area contributed by atoms with Crippen LogP contribution in [-0.4, -0.2) is 17.1 Å². The van der Waals surface area contributed by atoms with Crippen LogP contribution in [0.5, 0.6) is 5.75 Å². The van der Waals surface area contributed by atoms with Crippen molar-refractivity contribution in [2.24, 2.45) is 0 Å². The summed E-state index contributed by atoms with van der Waals surface area (Å²) in [5.74, 6) is 0.763. The summed E-state index contributed by atoms with van der Waals surface area (Å²) in [7, 11) is 1.60. The zero-order valence-electron chi connectivity index (χ0n) is 8.23. The van der Waals surface area contributed by atoms with Crippen LogP contribution in [0.4, 0.5) is 0 Å². The molecule has 0 unspecified atom stereocenters. The molecule has 1 N–H and O–H groups in total. The summed E-state index contributed by atoms with van der Waals surface area (Å²) in [4.78, 5) is 17.9. The average Bonchev–Trinajstić information content (AvgIpc) is 2.30. The molecular weight excluding hydrogens is 192 g/mol. The number of rotatable bonds is 2. The molecule has 1 heterocycles. The summed E-state index contributed by atoms with van der Waals surface area (Å²) < 4.78 is 5.03. The van der Waals surface area contributed by atoms with Gasteiger partial charge < -0.3 is 9.72 Å². The zero-order chi connectivity index (χ0) is 10.7. The van der Waals surface area contributed by atoms with E-state index in [1.54, 1.807) is 13.3 Å². The third kappa shape index (κ3) is 1.88. The largest absolute Gasteiger partial charge is 0.497 e.